The highest BCUT2D eigenvalue weighted by Crippen LogP contribution is 2.14. The Balaban J connectivity index is 1.94. The lowest BCUT2D eigenvalue weighted by Gasteiger charge is -2.09. The molecule has 0 aliphatic heterocycles. The third kappa shape index (κ3) is 4.03. The maximum Gasteiger partial charge on any atom is 0.251 e. The molecule has 2 rings (SSSR count). The number of benzene rings is 1. The SMILES string of the molecule is CCCNC(=O)c1ccc(OCc2nnnn2C(C)C)cc1. The maximum atomic E-state index is 11.8. The van der Waals surface area contributed by atoms with E-state index in [-0.39, 0.29) is 18.6 Å². The van der Waals surface area contributed by atoms with Gasteiger partial charge in [-0.05, 0) is 55.0 Å². The van der Waals surface area contributed by atoms with Crippen LogP contribution >= 0.6 is 0 Å². The first-order chi connectivity index (χ1) is 10.6. The molecular weight excluding hydrogens is 282 g/mol. The lowest BCUT2D eigenvalue weighted by molar-refractivity contribution is 0.0953. The molecule has 118 valence electrons. The largest absolute Gasteiger partial charge is 0.486 e. The van der Waals surface area contributed by atoms with Gasteiger partial charge in [-0.1, -0.05) is 6.92 Å². The monoisotopic (exact) mass is 303 g/mol. The summed E-state index contributed by atoms with van der Waals surface area (Å²) in [4.78, 5) is 11.8. The molecule has 1 heterocycles. The van der Waals surface area contributed by atoms with E-state index in [1.165, 1.54) is 0 Å². The number of rotatable bonds is 7. The van der Waals surface area contributed by atoms with Crippen LogP contribution in [0.1, 0.15) is 49.4 Å². The first-order valence-corrected chi connectivity index (χ1v) is 7.39. The normalized spacial score (nSPS) is 10.7. The zero-order valence-electron chi connectivity index (χ0n) is 13.1. The fourth-order valence-electron chi connectivity index (χ4n) is 1.90. The molecule has 2 aromatic rings. The van der Waals surface area contributed by atoms with Gasteiger partial charge in [0.05, 0.1) is 6.04 Å². The molecule has 0 unspecified atom stereocenters. The van der Waals surface area contributed by atoms with Crippen LogP contribution in [0.5, 0.6) is 5.75 Å². The van der Waals surface area contributed by atoms with Crippen molar-refractivity contribution in [3.05, 3.63) is 35.7 Å². The minimum absolute atomic E-state index is 0.0721. The Morgan fingerprint density at radius 2 is 2.05 bits per heavy atom. The van der Waals surface area contributed by atoms with E-state index in [2.05, 4.69) is 20.8 Å². The van der Waals surface area contributed by atoms with Crippen molar-refractivity contribution in [2.75, 3.05) is 6.54 Å². The Hall–Kier alpha value is -2.44. The molecule has 0 spiro atoms. The number of aromatic nitrogens is 4. The van der Waals surface area contributed by atoms with Gasteiger partial charge in [0.1, 0.15) is 12.4 Å². The molecule has 7 nitrogen and oxygen atoms in total. The number of nitrogens with one attached hydrogen (secondary N) is 1. The number of tetrazole rings is 1. The lowest BCUT2D eigenvalue weighted by atomic mass is 10.2. The summed E-state index contributed by atoms with van der Waals surface area (Å²) < 4.78 is 7.38. The van der Waals surface area contributed by atoms with Crippen LogP contribution in [0.4, 0.5) is 0 Å². The first kappa shape index (κ1) is 15.9. The van der Waals surface area contributed by atoms with Gasteiger partial charge in [-0.2, -0.15) is 0 Å². The summed E-state index contributed by atoms with van der Waals surface area (Å²) in [5.74, 6) is 1.27. The average molecular weight is 303 g/mol. The summed E-state index contributed by atoms with van der Waals surface area (Å²) in [6, 6.07) is 7.20. The summed E-state index contributed by atoms with van der Waals surface area (Å²) in [6.45, 7) is 6.98. The minimum Gasteiger partial charge on any atom is -0.486 e. The zero-order valence-corrected chi connectivity index (χ0v) is 13.1. The van der Waals surface area contributed by atoms with Crippen molar-refractivity contribution >= 4 is 5.91 Å². The number of amides is 1. The molecule has 0 aliphatic carbocycles. The third-order valence-corrected chi connectivity index (χ3v) is 3.07. The molecule has 7 heteroatoms. The molecule has 0 fully saturated rings. The van der Waals surface area contributed by atoms with Crippen LogP contribution in [-0.4, -0.2) is 32.7 Å². The van der Waals surface area contributed by atoms with Gasteiger partial charge in [0, 0.05) is 12.1 Å². The summed E-state index contributed by atoms with van der Waals surface area (Å²) in [7, 11) is 0. The van der Waals surface area contributed by atoms with E-state index in [0.717, 1.165) is 6.42 Å². The molecule has 1 N–H and O–H groups in total. The molecule has 0 saturated heterocycles. The van der Waals surface area contributed by atoms with E-state index < -0.39 is 0 Å². The van der Waals surface area contributed by atoms with Crippen LogP contribution in [0, 0.1) is 0 Å². The number of ether oxygens (including phenoxy) is 1. The lowest BCUT2D eigenvalue weighted by Crippen LogP contribution is -2.23. The maximum absolute atomic E-state index is 11.8. The molecule has 1 aromatic carbocycles. The van der Waals surface area contributed by atoms with Crippen LogP contribution in [0.25, 0.3) is 0 Å². The van der Waals surface area contributed by atoms with E-state index >= 15 is 0 Å². The number of carbonyl (C=O) groups is 1. The van der Waals surface area contributed by atoms with Gasteiger partial charge in [-0.3, -0.25) is 4.79 Å². The van der Waals surface area contributed by atoms with Crippen LogP contribution in [0.3, 0.4) is 0 Å². The second kappa shape index (κ2) is 7.53. The predicted molar refractivity (Wildman–Crippen MR) is 81.6 cm³/mol. The van der Waals surface area contributed by atoms with Gasteiger partial charge in [0.15, 0.2) is 5.82 Å². The van der Waals surface area contributed by atoms with Crippen molar-refractivity contribution in [1.82, 2.24) is 25.5 Å². The summed E-state index contributed by atoms with van der Waals surface area (Å²) in [5.41, 5.74) is 0.618. The Kier molecular flexibility index (Phi) is 5.46. The molecule has 0 saturated carbocycles. The summed E-state index contributed by atoms with van der Waals surface area (Å²) in [5, 5.41) is 14.3. The second-order valence-corrected chi connectivity index (χ2v) is 5.20. The van der Waals surface area contributed by atoms with Crippen molar-refractivity contribution in [2.24, 2.45) is 0 Å². The van der Waals surface area contributed by atoms with Gasteiger partial charge in [-0.15, -0.1) is 5.10 Å². The third-order valence-electron chi connectivity index (χ3n) is 3.07. The quantitative estimate of drug-likeness (QED) is 0.845. The first-order valence-electron chi connectivity index (χ1n) is 7.39. The van der Waals surface area contributed by atoms with Crippen molar-refractivity contribution in [3.8, 4) is 5.75 Å². The summed E-state index contributed by atoms with van der Waals surface area (Å²) >= 11 is 0. The molecule has 0 aliphatic rings. The fourth-order valence-corrected chi connectivity index (χ4v) is 1.90. The molecule has 1 aromatic heterocycles. The number of hydrogen-bond acceptors (Lipinski definition) is 5. The highest BCUT2D eigenvalue weighted by atomic mass is 16.5. The Bertz CT molecular complexity index is 607. The highest BCUT2D eigenvalue weighted by Gasteiger charge is 2.10. The van der Waals surface area contributed by atoms with Crippen molar-refractivity contribution in [2.45, 2.75) is 39.8 Å². The summed E-state index contributed by atoms with van der Waals surface area (Å²) in [6.07, 6.45) is 0.914. The molecule has 0 bridgehead atoms. The number of nitrogens with zero attached hydrogens (tertiary/aromatic N) is 4. The van der Waals surface area contributed by atoms with E-state index in [0.29, 0.717) is 23.7 Å². The Morgan fingerprint density at radius 1 is 1.32 bits per heavy atom. The number of carbonyl (C=O) groups excluding carboxylic acids is 1. The smallest absolute Gasteiger partial charge is 0.251 e. The Labute approximate surface area is 129 Å². The van der Waals surface area contributed by atoms with E-state index in [9.17, 15) is 4.79 Å². The topological polar surface area (TPSA) is 81.9 Å². The van der Waals surface area contributed by atoms with Crippen LogP contribution in [-0.2, 0) is 6.61 Å². The molecule has 1 amide bonds. The average Bonchev–Trinajstić information content (AvgIpc) is 3.00. The zero-order chi connectivity index (χ0) is 15.9. The second-order valence-electron chi connectivity index (χ2n) is 5.20. The molecule has 22 heavy (non-hydrogen) atoms. The van der Waals surface area contributed by atoms with Crippen molar-refractivity contribution in [3.63, 3.8) is 0 Å². The highest BCUT2D eigenvalue weighted by molar-refractivity contribution is 5.94. The van der Waals surface area contributed by atoms with Gasteiger partial charge in [0.2, 0.25) is 0 Å². The van der Waals surface area contributed by atoms with Gasteiger partial charge >= 0.3 is 0 Å². The van der Waals surface area contributed by atoms with Crippen LogP contribution in [0.15, 0.2) is 24.3 Å². The van der Waals surface area contributed by atoms with Crippen LogP contribution < -0.4 is 10.1 Å². The van der Waals surface area contributed by atoms with Crippen molar-refractivity contribution in [1.29, 1.82) is 0 Å². The van der Waals surface area contributed by atoms with E-state index in [1.807, 2.05) is 20.8 Å². The van der Waals surface area contributed by atoms with Gasteiger partial charge < -0.3 is 10.1 Å². The van der Waals surface area contributed by atoms with E-state index in [4.69, 9.17) is 4.74 Å². The molecular formula is C15H21N5O2. The molecule has 0 atom stereocenters. The standard InChI is InChI=1S/C15H21N5O2/c1-4-9-16-15(21)12-5-7-13(8-6-12)22-10-14-17-18-19-20(14)11(2)3/h5-8,11H,4,9-10H2,1-3H3,(H,16,21). The Morgan fingerprint density at radius 3 is 2.68 bits per heavy atom. The van der Waals surface area contributed by atoms with Crippen LogP contribution in [0.2, 0.25) is 0 Å². The van der Waals surface area contributed by atoms with Gasteiger partial charge in [0.25, 0.3) is 5.91 Å². The van der Waals surface area contributed by atoms with E-state index in [1.54, 1.807) is 28.9 Å². The number of hydrogen-bond donors (Lipinski definition) is 1. The fraction of sp³-hybridized carbons (Fsp3) is 0.467. The van der Waals surface area contributed by atoms with Gasteiger partial charge in [-0.25, -0.2) is 4.68 Å². The van der Waals surface area contributed by atoms with Crippen molar-refractivity contribution < 1.29 is 9.53 Å². The molecule has 0 radical (unpaired) electrons. The minimum atomic E-state index is -0.0721. The predicted octanol–water partition coefficient (Wildman–Crippen LogP) is 1.97.